The van der Waals surface area contributed by atoms with E-state index in [-0.39, 0.29) is 6.61 Å². The van der Waals surface area contributed by atoms with E-state index in [1.807, 2.05) is 0 Å². The molecule has 0 spiro atoms. The van der Waals surface area contributed by atoms with Crippen molar-refractivity contribution in [3.8, 4) is 5.75 Å². The summed E-state index contributed by atoms with van der Waals surface area (Å²) in [7, 11) is 0. The van der Waals surface area contributed by atoms with Crippen molar-refractivity contribution in [3.63, 3.8) is 0 Å². The summed E-state index contributed by atoms with van der Waals surface area (Å²) in [6.07, 6.45) is 0.564. The van der Waals surface area contributed by atoms with E-state index in [0.29, 0.717) is 28.8 Å². The fraction of sp³-hybridized carbons (Fsp3) is 0.300. The van der Waals surface area contributed by atoms with Crippen molar-refractivity contribution in [3.05, 3.63) is 27.7 Å². The standard InChI is InChI=1S/C10H12Cl2N2O2/c11-7-3-6(1-2-13)10(8(12)4-7)16-5-9(14)15/h3-4H,1-2,5,13H2,(H2,14,15). The van der Waals surface area contributed by atoms with E-state index < -0.39 is 5.91 Å². The molecule has 0 aromatic heterocycles. The first kappa shape index (κ1) is 13.1. The lowest BCUT2D eigenvalue weighted by molar-refractivity contribution is -0.119. The topological polar surface area (TPSA) is 78.3 Å². The summed E-state index contributed by atoms with van der Waals surface area (Å²) in [5.74, 6) is -0.153. The summed E-state index contributed by atoms with van der Waals surface area (Å²) in [5, 5.41) is 0.845. The first-order chi connectivity index (χ1) is 7.54. The van der Waals surface area contributed by atoms with Gasteiger partial charge in [-0.2, -0.15) is 0 Å². The quantitative estimate of drug-likeness (QED) is 0.841. The number of carbonyl (C=O) groups is 1. The number of nitrogens with two attached hydrogens (primary N) is 2. The zero-order chi connectivity index (χ0) is 12.1. The van der Waals surface area contributed by atoms with Gasteiger partial charge in [0.15, 0.2) is 6.61 Å². The monoisotopic (exact) mass is 262 g/mol. The summed E-state index contributed by atoms with van der Waals surface area (Å²) < 4.78 is 5.22. The molecule has 4 nitrogen and oxygen atoms in total. The maximum Gasteiger partial charge on any atom is 0.255 e. The van der Waals surface area contributed by atoms with Crippen LogP contribution in [0.25, 0.3) is 0 Å². The normalized spacial score (nSPS) is 10.2. The second-order valence-electron chi connectivity index (χ2n) is 3.17. The third-order valence-electron chi connectivity index (χ3n) is 1.86. The number of hydrogen-bond acceptors (Lipinski definition) is 3. The lowest BCUT2D eigenvalue weighted by atomic mass is 10.1. The fourth-order valence-electron chi connectivity index (χ4n) is 1.26. The van der Waals surface area contributed by atoms with E-state index in [2.05, 4.69) is 0 Å². The van der Waals surface area contributed by atoms with Crippen LogP contribution in [0.2, 0.25) is 10.0 Å². The molecule has 1 amide bonds. The third-order valence-corrected chi connectivity index (χ3v) is 2.36. The highest BCUT2D eigenvalue weighted by Gasteiger charge is 2.11. The largest absolute Gasteiger partial charge is 0.482 e. The Kier molecular flexibility index (Phi) is 4.86. The molecular weight excluding hydrogens is 251 g/mol. The number of halogens is 2. The van der Waals surface area contributed by atoms with Crippen molar-refractivity contribution >= 4 is 29.1 Å². The van der Waals surface area contributed by atoms with E-state index in [9.17, 15) is 4.79 Å². The van der Waals surface area contributed by atoms with Crippen LogP contribution in [0.15, 0.2) is 12.1 Å². The van der Waals surface area contributed by atoms with Crippen LogP contribution in [-0.2, 0) is 11.2 Å². The van der Waals surface area contributed by atoms with Gasteiger partial charge in [0.2, 0.25) is 0 Å². The molecule has 0 atom stereocenters. The van der Waals surface area contributed by atoms with Gasteiger partial charge in [-0.15, -0.1) is 0 Å². The number of ether oxygens (including phenoxy) is 1. The van der Waals surface area contributed by atoms with E-state index in [0.717, 1.165) is 5.56 Å². The van der Waals surface area contributed by atoms with Crippen molar-refractivity contribution in [2.24, 2.45) is 11.5 Å². The molecular formula is C10H12Cl2N2O2. The molecule has 0 heterocycles. The molecule has 1 aromatic carbocycles. The lowest BCUT2D eigenvalue weighted by Gasteiger charge is -2.12. The molecule has 0 fully saturated rings. The average molecular weight is 263 g/mol. The zero-order valence-electron chi connectivity index (χ0n) is 8.50. The summed E-state index contributed by atoms with van der Waals surface area (Å²) in [6.45, 7) is 0.211. The zero-order valence-corrected chi connectivity index (χ0v) is 10.0. The Balaban J connectivity index is 2.98. The average Bonchev–Trinajstić information content (AvgIpc) is 2.16. The van der Waals surface area contributed by atoms with Crippen molar-refractivity contribution in [2.75, 3.05) is 13.2 Å². The third kappa shape index (κ3) is 3.56. The Bertz CT molecular complexity index is 397. The van der Waals surface area contributed by atoms with Crippen molar-refractivity contribution < 1.29 is 9.53 Å². The summed E-state index contributed by atoms with van der Waals surface area (Å²) in [5.41, 5.74) is 11.2. The molecule has 4 N–H and O–H groups in total. The van der Waals surface area contributed by atoms with Gasteiger partial charge >= 0.3 is 0 Å². The molecule has 0 aliphatic heterocycles. The number of rotatable bonds is 5. The molecule has 0 unspecified atom stereocenters. The van der Waals surface area contributed by atoms with Gasteiger partial charge in [-0.1, -0.05) is 23.2 Å². The minimum absolute atomic E-state index is 0.223. The molecule has 6 heteroatoms. The predicted octanol–water partition coefficient (Wildman–Crippen LogP) is 1.36. The van der Waals surface area contributed by atoms with Crippen LogP contribution in [0.4, 0.5) is 0 Å². The molecule has 88 valence electrons. The van der Waals surface area contributed by atoms with Gasteiger partial charge in [-0.25, -0.2) is 0 Å². The maximum absolute atomic E-state index is 10.6. The molecule has 0 aliphatic rings. The number of amides is 1. The Morgan fingerprint density at radius 3 is 2.62 bits per heavy atom. The van der Waals surface area contributed by atoms with Gasteiger partial charge in [-0.05, 0) is 30.7 Å². The van der Waals surface area contributed by atoms with E-state index in [1.165, 1.54) is 0 Å². The first-order valence-corrected chi connectivity index (χ1v) is 5.39. The molecule has 0 aliphatic carbocycles. The molecule has 1 aromatic rings. The minimum atomic E-state index is -0.565. The van der Waals surface area contributed by atoms with Crippen LogP contribution in [0.3, 0.4) is 0 Å². The highest BCUT2D eigenvalue weighted by molar-refractivity contribution is 6.35. The second-order valence-corrected chi connectivity index (χ2v) is 4.01. The Morgan fingerprint density at radius 2 is 2.06 bits per heavy atom. The van der Waals surface area contributed by atoms with Crippen molar-refractivity contribution in [1.82, 2.24) is 0 Å². The fourth-order valence-corrected chi connectivity index (χ4v) is 1.85. The van der Waals surface area contributed by atoms with Gasteiger partial charge < -0.3 is 16.2 Å². The van der Waals surface area contributed by atoms with E-state index >= 15 is 0 Å². The number of hydrogen-bond donors (Lipinski definition) is 2. The smallest absolute Gasteiger partial charge is 0.255 e. The van der Waals surface area contributed by atoms with Gasteiger partial charge in [0.1, 0.15) is 5.75 Å². The first-order valence-electron chi connectivity index (χ1n) is 4.63. The molecule has 0 saturated heterocycles. The van der Waals surface area contributed by atoms with Crippen LogP contribution < -0.4 is 16.2 Å². The Morgan fingerprint density at radius 1 is 1.38 bits per heavy atom. The van der Waals surface area contributed by atoms with Gasteiger partial charge in [0.05, 0.1) is 5.02 Å². The minimum Gasteiger partial charge on any atom is -0.482 e. The van der Waals surface area contributed by atoms with Crippen LogP contribution in [0.1, 0.15) is 5.56 Å². The summed E-state index contributed by atoms with van der Waals surface area (Å²) in [4.78, 5) is 10.6. The SMILES string of the molecule is NCCc1cc(Cl)cc(Cl)c1OCC(N)=O. The van der Waals surface area contributed by atoms with Crippen LogP contribution in [0.5, 0.6) is 5.75 Å². The van der Waals surface area contributed by atoms with Crippen LogP contribution in [-0.4, -0.2) is 19.1 Å². The molecule has 0 bridgehead atoms. The summed E-state index contributed by atoms with van der Waals surface area (Å²) >= 11 is 11.8. The van der Waals surface area contributed by atoms with E-state index in [1.54, 1.807) is 12.1 Å². The molecule has 1 rings (SSSR count). The summed E-state index contributed by atoms with van der Waals surface area (Å²) in [6, 6.07) is 3.25. The number of primary amides is 1. The predicted molar refractivity (Wildman–Crippen MR) is 63.9 cm³/mol. The highest BCUT2D eigenvalue weighted by atomic mass is 35.5. The lowest BCUT2D eigenvalue weighted by Crippen LogP contribution is -2.20. The van der Waals surface area contributed by atoms with Crippen molar-refractivity contribution in [1.29, 1.82) is 0 Å². The second kappa shape index (κ2) is 5.94. The maximum atomic E-state index is 10.6. The highest BCUT2D eigenvalue weighted by Crippen LogP contribution is 2.32. The molecule has 16 heavy (non-hydrogen) atoms. The molecule has 0 saturated carbocycles. The van der Waals surface area contributed by atoms with Crippen molar-refractivity contribution in [2.45, 2.75) is 6.42 Å². The number of benzene rings is 1. The Hall–Kier alpha value is -0.970. The van der Waals surface area contributed by atoms with Crippen LogP contribution >= 0.6 is 23.2 Å². The van der Waals surface area contributed by atoms with E-state index in [4.69, 9.17) is 39.4 Å². The molecule has 0 radical (unpaired) electrons. The van der Waals surface area contributed by atoms with Gasteiger partial charge in [-0.3, -0.25) is 4.79 Å². The number of carbonyl (C=O) groups excluding carboxylic acids is 1. The Labute approximate surface area is 103 Å². The van der Waals surface area contributed by atoms with Gasteiger partial charge in [0.25, 0.3) is 5.91 Å². The van der Waals surface area contributed by atoms with Crippen LogP contribution in [0, 0.1) is 0 Å². The van der Waals surface area contributed by atoms with Gasteiger partial charge in [0, 0.05) is 5.02 Å².